The summed E-state index contributed by atoms with van der Waals surface area (Å²) in [7, 11) is 0. The second kappa shape index (κ2) is 9.63. The third-order valence-electron chi connectivity index (χ3n) is 7.27. The molecule has 2 atom stereocenters. The molecule has 1 amide bonds. The molecule has 5 aromatic heterocycles. The zero-order valence-electron chi connectivity index (χ0n) is 21.9. The van der Waals surface area contributed by atoms with Gasteiger partial charge >= 0.3 is 0 Å². The van der Waals surface area contributed by atoms with E-state index in [0.29, 0.717) is 51.0 Å². The van der Waals surface area contributed by atoms with E-state index >= 15 is 4.39 Å². The SMILES string of the molecule is Cc1ccc(C(=O)N[C@H]2CC(F)c3cc(-n4c(-c5cccnc5N)nc5ccc(-n6cccn6)nc54)ccc32)cn1. The summed E-state index contributed by atoms with van der Waals surface area (Å²) in [6.45, 7) is 1.85. The van der Waals surface area contributed by atoms with Gasteiger partial charge in [0.25, 0.3) is 5.91 Å². The normalized spacial score (nSPS) is 16.1. The van der Waals surface area contributed by atoms with Crippen LogP contribution < -0.4 is 11.1 Å². The fourth-order valence-corrected chi connectivity index (χ4v) is 5.24. The highest BCUT2D eigenvalue weighted by Gasteiger charge is 2.33. The van der Waals surface area contributed by atoms with Crippen LogP contribution in [0.1, 0.15) is 45.8 Å². The minimum absolute atomic E-state index is 0.138. The molecule has 3 N–H and O–H groups in total. The Morgan fingerprint density at radius 2 is 1.93 bits per heavy atom. The molecule has 0 saturated heterocycles. The maximum Gasteiger partial charge on any atom is 0.253 e. The lowest BCUT2D eigenvalue weighted by molar-refractivity contribution is 0.0932. The highest BCUT2D eigenvalue weighted by atomic mass is 19.1. The average molecular weight is 546 g/mol. The molecule has 1 unspecified atom stereocenters. The van der Waals surface area contributed by atoms with Crippen molar-refractivity contribution >= 4 is 22.9 Å². The molecular formula is C30H24FN9O. The molecule has 0 fully saturated rings. The van der Waals surface area contributed by atoms with E-state index in [2.05, 4.69) is 20.4 Å². The quantitative estimate of drug-likeness (QED) is 0.317. The first-order chi connectivity index (χ1) is 20.0. The third kappa shape index (κ3) is 4.27. The smallest absolute Gasteiger partial charge is 0.253 e. The lowest BCUT2D eigenvalue weighted by Crippen LogP contribution is -2.27. The molecule has 11 heteroatoms. The number of aryl methyl sites for hydroxylation is 1. The molecule has 5 heterocycles. The first-order valence-electron chi connectivity index (χ1n) is 13.1. The standard InChI is InChI=1S/C30H24FN9O/c1-17-5-6-18(16-34-17)30(41)37-25-15-23(31)22-14-19(7-8-20(22)25)40-28(21-4-2-11-33-27(21)32)36-24-9-10-26(38-29(24)40)39-13-3-12-35-39/h2-14,16,23,25H,15H2,1H3,(H2,32,33)(H,37,41)/t23?,25-/m0/s1. The molecule has 1 aromatic carbocycles. The van der Waals surface area contributed by atoms with Crippen LogP contribution >= 0.6 is 0 Å². The molecule has 0 aliphatic heterocycles. The molecule has 1 aliphatic rings. The summed E-state index contributed by atoms with van der Waals surface area (Å²) in [5, 5.41) is 7.26. The molecule has 0 saturated carbocycles. The lowest BCUT2D eigenvalue weighted by Gasteiger charge is -2.15. The summed E-state index contributed by atoms with van der Waals surface area (Å²) >= 11 is 0. The number of alkyl halides is 1. The summed E-state index contributed by atoms with van der Waals surface area (Å²) in [5.74, 6) is 1.15. The molecule has 1 aliphatic carbocycles. The highest BCUT2D eigenvalue weighted by Crippen LogP contribution is 2.43. The molecule has 0 radical (unpaired) electrons. The highest BCUT2D eigenvalue weighted by molar-refractivity contribution is 5.94. The number of fused-ring (bicyclic) bond motifs is 2. The fraction of sp³-hybridized carbons (Fsp3) is 0.133. The number of imidazole rings is 1. The summed E-state index contributed by atoms with van der Waals surface area (Å²) in [6.07, 6.45) is 5.50. The number of hydrogen-bond donors (Lipinski definition) is 2. The zero-order valence-corrected chi connectivity index (χ0v) is 21.9. The first kappa shape index (κ1) is 24.6. The summed E-state index contributed by atoms with van der Waals surface area (Å²) in [4.78, 5) is 31.0. The number of anilines is 1. The molecule has 10 nitrogen and oxygen atoms in total. The van der Waals surface area contributed by atoms with Gasteiger partial charge in [-0.3, -0.25) is 14.3 Å². The van der Waals surface area contributed by atoms with Crippen LogP contribution in [0.5, 0.6) is 0 Å². The number of halogens is 1. The topological polar surface area (TPSA) is 129 Å². The maximum atomic E-state index is 15.5. The molecule has 6 aromatic rings. The summed E-state index contributed by atoms with van der Waals surface area (Å²) in [5.41, 5.74) is 11.2. The first-order valence-corrected chi connectivity index (χ1v) is 13.1. The van der Waals surface area contributed by atoms with Gasteiger partial charge in [0.2, 0.25) is 0 Å². The van der Waals surface area contributed by atoms with Crippen LogP contribution in [0.3, 0.4) is 0 Å². The van der Waals surface area contributed by atoms with Gasteiger partial charge in [-0.15, -0.1) is 0 Å². The number of hydrogen-bond acceptors (Lipinski definition) is 7. The molecule has 0 spiro atoms. The second-order valence-electron chi connectivity index (χ2n) is 9.90. The monoisotopic (exact) mass is 545 g/mol. The van der Waals surface area contributed by atoms with Gasteiger partial charge in [-0.1, -0.05) is 6.07 Å². The Labute approximate surface area is 233 Å². The van der Waals surface area contributed by atoms with Crippen molar-refractivity contribution in [2.75, 3.05) is 5.73 Å². The minimum atomic E-state index is -1.26. The van der Waals surface area contributed by atoms with E-state index in [9.17, 15) is 4.79 Å². The van der Waals surface area contributed by atoms with Crippen LogP contribution in [0.25, 0.3) is 34.1 Å². The molecular weight excluding hydrogens is 521 g/mol. The van der Waals surface area contributed by atoms with E-state index < -0.39 is 12.2 Å². The van der Waals surface area contributed by atoms with E-state index in [1.807, 2.05) is 47.9 Å². The molecule has 202 valence electrons. The number of nitrogens with zero attached hydrogens (tertiary/aromatic N) is 7. The Morgan fingerprint density at radius 3 is 2.71 bits per heavy atom. The van der Waals surface area contributed by atoms with Crippen molar-refractivity contribution in [3.05, 3.63) is 108 Å². The van der Waals surface area contributed by atoms with Gasteiger partial charge in [-0.25, -0.2) is 24.0 Å². The third-order valence-corrected chi connectivity index (χ3v) is 7.27. The Bertz CT molecular complexity index is 1920. The number of carbonyl (C=O) groups excluding carboxylic acids is 1. The molecule has 41 heavy (non-hydrogen) atoms. The van der Waals surface area contributed by atoms with Crippen LogP contribution in [-0.2, 0) is 0 Å². The summed E-state index contributed by atoms with van der Waals surface area (Å²) < 4.78 is 19.0. The largest absolute Gasteiger partial charge is 0.383 e. The van der Waals surface area contributed by atoms with Gasteiger partial charge in [-0.2, -0.15) is 5.10 Å². The lowest BCUT2D eigenvalue weighted by atomic mass is 10.1. The Morgan fingerprint density at radius 1 is 1.02 bits per heavy atom. The number of nitrogens with two attached hydrogens (primary N) is 1. The van der Waals surface area contributed by atoms with Crippen molar-refractivity contribution in [1.82, 2.24) is 39.6 Å². The van der Waals surface area contributed by atoms with E-state index in [1.54, 1.807) is 47.5 Å². The Hall–Kier alpha value is -5.45. The van der Waals surface area contributed by atoms with Crippen molar-refractivity contribution in [2.24, 2.45) is 0 Å². The molecule has 0 bridgehead atoms. The van der Waals surface area contributed by atoms with E-state index in [-0.39, 0.29) is 12.3 Å². The molecule has 7 rings (SSSR count). The van der Waals surface area contributed by atoms with Crippen molar-refractivity contribution in [1.29, 1.82) is 0 Å². The van der Waals surface area contributed by atoms with Gasteiger partial charge < -0.3 is 11.1 Å². The summed E-state index contributed by atoms with van der Waals surface area (Å²) in [6, 6.07) is 17.7. The van der Waals surface area contributed by atoms with Crippen molar-refractivity contribution < 1.29 is 9.18 Å². The average Bonchev–Trinajstić information content (AvgIpc) is 3.71. The number of rotatable bonds is 5. The van der Waals surface area contributed by atoms with Crippen molar-refractivity contribution in [3.8, 4) is 22.9 Å². The number of aromatic nitrogens is 7. The van der Waals surface area contributed by atoms with Gasteiger partial charge in [0, 0.05) is 42.6 Å². The number of benzene rings is 1. The van der Waals surface area contributed by atoms with Crippen LogP contribution in [-0.4, -0.2) is 40.2 Å². The van der Waals surface area contributed by atoms with E-state index in [4.69, 9.17) is 15.7 Å². The number of amides is 1. The van der Waals surface area contributed by atoms with Gasteiger partial charge in [-0.05, 0) is 72.6 Å². The predicted octanol–water partition coefficient (Wildman–Crippen LogP) is 4.84. The van der Waals surface area contributed by atoms with Crippen molar-refractivity contribution in [2.45, 2.75) is 25.6 Å². The maximum absolute atomic E-state index is 15.5. The zero-order chi connectivity index (χ0) is 28.1. The number of nitrogens with one attached hydrogen (secondary N) is 1. The van der Waals surface area contributed by atoms with Crippen LogP contribution in [0.4, 0.5) is 10.2 Å². The van der Waals surface area contributed by atoms with Gasteiger partial charge in [0.1, 0.15) is 17.5 Å². The number of carbonyl (C=O) groups is 1. The fourth-order valence-electron chi connectivity index (χ4n) is 5.24. The van der Waals surface area contributed by atoms with Gasteiger partial charge in [0.15, 0.2) is 17.3 Å². The van der Waals surface area contributed by atoms with Gasteiger partial charge in [0.05, 0.1) is 17.2 Å². The van der Waals surface area contributed by atoms with E-state index in [0.717, 1.165) is 11.3 Å². The van der Waals surface area contributed by atoms with Crippen LogP contribution in [0, 0.1) is 6.92 Å². The number of nitrogen functional groups attached to an aromatic ring is 1. The van der Waals surface area contributed by atoms with Crippen LogP contribution in [0.2, 0.25) is 0 Å². The van der Waals surface area contributed by atoms with Crippen LogP contribution in [0.15, 0.2) is 85.5 Å². The van der Waals surface area contributed by atoms with E-state index in [1.165, 1.54) is 6.20 Å². The second-order valence-corrected chi connectivity index (χ2v) is 9.90. The number of pyridine rings is 3. The van der Waals surface area contributed by atoms with Crippen molar-refractivity contribution in [3.63, 3.8) is 0 Å². The Balaban J connectivity index is 1.33. The predicted molar refractivity (Wildman–Crippen MR) is 151 cm³/mol. The Kier molecular flexibility index (Phi) is 5.77. The minimum Gasteiger partial charge on any atom is -0.383 e.